The molecule has 4 atom stereocenters. The summed E-state index contributed by atoms with van der Waals surface area (Å²) in [5.74, 6) is 2.62. The Bertz CT molecular complexity index is 190. The van der Waals surface area contributed by atoms with Gasteiger partial charge < -0.3 is 4.90 Å². The normalized spacial score (nSPS) is 36.6. The Morgan fingerprint density at radius 2 is 1.62 bits per heavy atom. The van der Waals surface area contributed by atoms with Crippen LogP contribution in [0.1, 0.15) is 60.3 Å². The second-order valence-corrected chi connectivity index (χ2v) is 5.99. The van der Waals surface area contributed by atoms with Crippen LogP contribution < -0.4 is 0 Å². The molecule has 1 saturated heterocycles. The van der Waals surface area contributed by atoms with Crippen molar-refractivity contribution < 1.29 is 0 Å². The van der Waals surface area contributed by atoms with Gasteiger partial charge in [-0.2, -0.15) is 0 Å². The van der Waals surface area contributed by atoms with E-state index in [2.05, 4.69) is 39.5 Å². The van der Waals surface area contributed by atoms with E-state index in [9.17, 15) is 0 Å². The molecule has 0 radical (unpaired) electrons. The molecule has 1 aliphatic heterocycles. The fourth-order valence-electron chi connectivity index (χ4n) is 3.03. The fourth-order valence-corrected chi connectivity index (χ4v) is 3.03. The van der Waals surface area contributed by atoms with Crippen molar-refractivity contribution in [3.05, 3.63) is 0 Å². The summed E-state index contributed by atoms with van der Waals surface area (Å²) in [6.45, 7) is 14.6. The van der Waals surface area contributed by atoms with E-state index in [-0.39, 0.29) is 0 Å². The van der Waals surface area contributed by atoms with Gasteiger partial charge in [-0.15, -0.1) is 0 Å². The molecule has 1 fully saturated rings. The molecule has 0 saturated carbocycles. The van der Waals surface area contributed by atoms with Crippen LogP contribution in [0.15, 0.2) is 0 Å². The smallest absolute Gasteiger partial charge is 0.00953 e. The minimum absolute atomic E-state index is 0.785. The Morgan fingerprint density at radius 3 is 2.25 bits per heavy atom. The van der Waals surface area contributed by atoms with Gasteiger partial charge in [-0.25, -0.2) is 0 Å². The van der Waals surface area contributed by atoms with E-state index in [1.165, 1.54) is 38.8 Å². The quantitative estimate of drug-likeness (QED) is 0.634. The Kier molecular flexibility index (Phi) is 5.82. The van der Waals surface area contributed by atoms with Gasteiger partial charge in [0.1, 0.15) is 0 Å². The summed E-state index contributed by atoms with van der Waals surface area (Å²) in [5, 5.41) is 0. The van der Waals surface area contributed by atoms with Crippen LogP contribution in [0, 0.1) is 17.8 Å². The van der Waals surface area contributed by atoms with Crippen molar-refractivity contribution in [3.63, 3.8) is 0 Å². The van der Waals surface area contributed by atoms with Crippen molar-refractivity contribution in [3.8, 4) is 0 Å². The first-order valence-corrected chi connectivity index (χ1v) is 7.32. The largest absolute Gasteiger partial charge is 0.300 e. The zero-order valence-electron chi connectivity index (χ0n) is 12.0. The molecule has 0 spiro atoms. The second kappa shape index (κ2) is 6.64. The van der Waals surface area contributed by atoms with Crippen molar-refractivity contribution in [1.29, 1.82) is 0 Å². The number of unbranched alkanes of at least 4 members (excludes halogenated alkanes) is 3. The van der Waals surface area contributed by atoms with Gasteiger partial charge in [0.25, 0.3) is 0 Å². The molecule has 0 aromatic rings. The molecular formula is C15H31N. The van der Waals surface area contributed by atoms with Crippen molar-refractivity contribution in [2.45, 2.75) is 66.3 Å². The predicted molar refractivity (Wildman–Crippen MR) is 72.7 cm³/mol. The Morgan fingerprint density at radius 1 is 0.938 bits per heavy atom. The molecular weight excluding hydrogens is 194 g/mol. The maximum Gasteiger partial charge on any atom is 0.00953 e. The van der Waals surface area contributed by atoms with Crippen LogP contribution in [0.4, 0.5) is 0 Å². The molecule has 0 aromatic heterocycles. The zero-order chi connectivity index (χ0) is 12.1. The summed E-state index contributed by atoms with van der Waals surface area (Å²) in [6.07, 6.45) is 5.56. The highest BCUT2D eigenvalue weighted by molar-refractivity contribution is 4.86. The summed E-state index contributed by atoms with van der Waals surface area (Å²) < 4.78 is 0. The lowest BCUT2D eigenvalue weighted by Crippen LogP contribution is -2.49. The highest BCUT2D eigenvalue weighted by Gasteiger charge is 2.33. The number of piperidine rings is 1. The second-order valence-electron chi connectivity index (χ2n) is 5.99. The number of hydrogen-bond donors (Lipinski definition) is 0. The van der Waals surface area contributed by atoms with E-state index in [4.69, 9.17) is 0 Å². The Hall–Kier alpha value is -0.0400. The van der Waals surface area contributed by atoms with Crippen LogP contribution in [0.5, 0.6) is 0 Å². The number of nitrogens with zero attached hydrogens (tertiary/aromatic N) is 1. The molecule has 0 amide bonds. The third kappa shape index (κ3) is 3.48. The molecule has 96 valence electrons. The molecule has 0 bridgehead atoms. The third-order valence-corrected chi connectivity index (χ3v) is 4.89. The van der Waals surface area contributed by atoms with Gasteiger partial charge in [-0.1, -0.05) is 47.0 Å². The highest BCUT2D eigenvalue weighted by atomic mass is 15.2. The Balaban J connectivity index is 2.35. The average Bonchev–Trinajstić information content (AvgIpc) is 2.28. The summed E-state index contributed by atoms with van der Waals surface area (Å²) in [7, 11) is 0. The summed E-state index contributed by atoms with van der Waals surface area (Å²) in [4.78, 5) is 2.73. The average molecular weight is 225 g/mol. The first kappa shape index (κ1) is 14.0. The SMILES string of the molecule is CCCCCCN1CC(C)C(C)C(C)C1C. The molecule has 0 aliphatic carbocycles. The van der Waals surface area contributed by atoms with Gasteiger partial charge in [-0.3, -0.25) is 0 Å². The molecule has 0 aromatic carbocycles. The van der Waals surface area contributed by atoms with E-state index in [0.717, 1.165) is 23.8 Å². The van der Waals surface area contributed by atoms with Gasteiger partial charge >= 0.3 is 0 Å². The van der Waals surface area contributed by atoms with Crippen LogP contribution in [-0.4, -0.2) is 24.0 Å². The van der Waals surface area contributed by atoms with E-state index in [1.807, 2.05) is 0 Å². The maximum absolute atomic E-state index is 2.73. The van der Waals surface area contributed by atoms with Crippen molar-refractivity contribution in [1.82, 2.24) is 4.90 Å². The van der Waals surface area contributed by atoms with Crippen LogP contribution >= 0.6 is 0 Å². The van der Waals surface area contributed by atoms with Crippen LogP contribution in [0.3, 0.4) is 0 Å². The van der Waals surface area contributed by atoms with Gasteiger partial charge in [0.05, 0.1) is 0 Å². The maximum atomic E-state index is 2.73. The van der Waals surface area contributed by atoms with E-state index >= 15 is 0 Å². The van der Waals surface area contributed by atoms with E-state index in [0.29, 0.717) is 0 Å². The van der Waals surface area contributed by atoms with Crippen LogP contribution in [-0.2, 0) is 0 Å². The molecule has 1 heterocycles. The van der Waals surface area contributed by atoms with Gasteiger partial charge in [-0.05, 0) is 37.6 Å². The zero-order valence-corrected chi connectivity index (χ0v) is 12.0. The number of rotatable bonds is 5. The molecule has 1 nitrogen and oxygen atoms in total. The first-order chi connectivity index (χ1) is 7.57. The van der Waals surface area contributed by atoms with Gasteiger partial charge in [0.2, 0.25) is 0 Å². The molecule has 1 heteroatoms. The molecule has 0 N–H and O–H groups in total. The van der Waals surface area contributed by atoms with Crippen molar-refractivity contribution in [2.75, 3.05) is 13.1 Å². The standard InChI is InChI=1S/C15H31N/c1-6-7-8-9-10-16-11-12(2)13(3)14(4)15(16)5/h12-15H,6-11H2,1-5H3. The van der Waals surface area contributed by atoms with Crippen LogP contribution in [0.25, 0.3) is 0 Å². The molecule has 16 heavy (non-hydrogen) atoms. The lowest BCUT2D eigenvalue weighted by Gasteiger charge is -2.45. The van der Waals surface area contributed by atoms with Gasteiger partial charge in [0, 0.05) is 12.6 Å². The lowest BCUT2D eigenvalue weighted by atomic mass is 9.76. The topological polar surface area (TPSA) is 3.24 Å². The summed E-state index contributed by atoms with van der Waals surface area (Å²) in [6, 6.07) is 0.785. The molecule has 4 unspecified atom stereocenters. The number of hydrogen-bond acceptors (Lipinski definition) is 1. The molecule has 1 rings (SSSR count). The predicted octanol–water partition coefficient (Wildman–Crippen LogP) is 4.18. The van der Waals surface area contributed by atoms with Crippen LogP contribution in [0.2, 0.25) is 0 Å². The minimum atomic E-state index is 0.785. The minimum Gasteiger partial charge on any atom is -0.300 e. The molecule has 1 aliphatic rings. The highest BCUT2D eigenvalue weighted by Crippen LogP contribution is 2.32. The monoisotopic (exact) mass is 225 g/mol. The lowest BCUT2D eigenvalue weighted by molar-refractivity contribution is 0.0341. The first-order valence-electron chi connectivity index (χ1n) is 7.32. The Labute approximate surface area is 103 Å². The van der Waals surface area contributed by atoms with Gasteiger partial charge in [0.15, 0.2) is 0 Å². The fraction of sp³-hybridized carbons (Fsp3) is 1.00. The van der Waals surface area contributed by atoms with E-state index < -0.39 is 0 Å². The number of likely N-dealkylation sites (tertiary alicyclic amines) is 1. The van der Waals surface area contributed by atoms with E-state index in [1.54, 1.807) is 0 Å². The third-order valence-electron chi connectivity index (χ3n) is 4.89. The van der Waals surface area contributed by atoms with Crippen molar-refractivity contribution in [2.24, 2.45) is 17.8 Å². The summed E-state index contributed by atoms with van der Waals surface area (Å²) in [5.41, 5.74) is 0. The van der Waals surface area contributed by atoms with Crippen molar-refractivity contribution >= 4 is 0 Å². The summed E-state index contributed by atoms with van der Waals surface area (Å²) >= 11 is 0.